The molecule has 158 valence electrons. The van der Waals surface area contributed by atoms with E-state index in [-0.39, 0.29) is 17.5 Å². The molecule has 0 radical (unpaired) electrons. The number of rotatable bonds is 2. The van der Waals surface area contributed by atoms with Crippen molar-refractivity contribution in [3.8, 4) is 0 Å². The average molecular weight is 432 g/mol. The van der Waals surface area contributed by atoms with Crippen LogP contribution in [0.1, 0.15) is 22.2 Å². The zero-order chi connectivity index (χ0) is 21.7. The molecule has 0 unspecified atom stereocenters. The van der Waals surface area contributed by atoms with Crippen molar-refractivity contribution in [3.05, 3.63) is 75.4 Å². The fraction of sp³-hybridized carbons (Fsp3) is 0.280. The number of para-hydroxylation sites is 1. The number of anilines is 1. The summed E-state index contributed by atoms with van der Waals surface area (Å²) in [6.45, 7) is 6.40. The third kappa shape index (κ3) is 3.31. The number of nitrogens with zero attached hydrogens (tertiary/aromatic N) is 3. The van der Waals surface area contributed by atoms with E-state index in [0.717, 1.165) is 22.1 Å². The molecule has 2 aromatic heterocycles. The van der Waals surface area contributed by atoms with Crippen LogP contribution in [-0.2, 0) is 7.05 Å². The normalized spacial score (nSPS) is 16.9. The number of carbonyl (C=O) groups excluding carboxylic acids is 1. The van der Waals surface area contributed by atoms with Crippen molar-refractivity contribution in [2.24, 2.45) is 7.05 Å². The molecule has 1 aliphatic heterocycles. The molecule has 1 saturated heterocycles. The van der Waals surface area contributed by atoms with Crippen LogP contribution in [0.2, 0.25) is 0 Å². The number of piperazine rings is 1. The van der Waals surface area contributed by atoms with Gasteiger partial charge in [-0.15, -0.1) is 11.3 Å². The number of benzene rings is 2. The van der Waals surface area contributed by atoms with E-state index in [1.165, 1.54) is 22.6 Å². The van der Waals surface area contributed by atoms with E-state index in [9.17, 15) is 9.59 Å². The minimum absolute atomic E-state index is 0.0167. The SMILES string of the molecule is Cc1cccc(N2CCN(C(=O)c3cc4c(=O)n(C)c5ccccc5c4s3)C[C@H]2C)c1. The topological polar surface area (TPSA) is 45.6 Å². The highest BCUT2D eigenvalue weighted by Crippen LogP contribution is 2.31. The fourth-order valence-electron chi connectivity index (χ4n) is 4.59. The summed E-state index contributed by atoms with van der Waals surface area (Å²) in [5.74, 6) is 0.0167. The molecule has 5 nitrogen and oxygen atoms in total. The summed E-state index contributed by atoms with van der Waals surface area (Å²) in [4.78, 5) is 31.2. The van der Waals surface area contributed by atoms with Gasteiger partial charge in [0.1, 0.15) is 0 Å². The van der Waals surface area contributed by atoms with Crippen molar-refractivity contribution < 1.29 is 4.79 Å². The third-order valence-corrected chi connectivity index (χ3v) is 7.39. The summed E-state index contributed by atoms with van der Waals surface area (Å²) in [6.07, 6.45) is 0. The molecular weight excluding hydrogens is 406 g/mol. The smallest absolute Gasteiger partial charge is 0.264 e. The van der Waals surface area contributed by atoms with E-state index < -0.39 is 0 Å². The summed E-state index contributed by atoms with van der Waals surface area (Å²) >= 11 is 1.43. The predicted molar refractivity (Wildman–Crippen MR) is 128 cm³/mol. The molecule has 0 saturated carbocycles. The van der Waals surface area contributed by atoms with E-state index >= 15 is 0 Å². The van der Waals surface area contributed by atoms with E-state index in [1.807, 2.05) is 29.2 Å². The standard InChI is InChI=1S/C25H25N3O2S/c1-16-7-6-8-18(13-16)28-12-11-27(15-17(28)2)25(30)22-14-20-23(31-22)19-9-4-5-10-21(19)26(3)24(20)29/h4-10,13-14,17H,11-12,15H2,1-3H3/t17-/m1/s1. The summed E-state index contributed by atoms with van der Waals surface area (Å²) < 4.78 is 2.56. The summed E-state index contributed by atoms with van der Waals surface area (Å²) in [6, 6.07) is 18.4. The van der Waals surface area contributed by atoms with Gasteiger partial charge in [0.25, 0.3) is 11.5 Å². The van der Waals surface area contributed by atoms with Crippen LogP contribution in [0.3, 0.4) is 0 Å². The zero-order valence-electron chi connectivity index (χ0n) is 18.0. The van der Waals surface area contributed by atoms with Gasteiger partial charge < -0.3 is 14.4 Å². The van der Waals surface area contributed by atoms with Crippen LogP contribution in [-0.4, -0.2) is 41.1 Å². The van der Waals surface area contributed by atoms with E-state index in [0.29, 0.717) is 23.4 Å². The number of fused-ring (bicyclic) bond motifs is 3. The highest BCUT2D eigenvalue weighted by Gasteiger charge is 2.29. The number of carbonyl (C=O) groups is 1. The Hall–Kier alpha value is -3.12. The molecule has 0 spiro atoms. The lowest BCUT2D eigenvalue weighted by atomic mass is 10.1. The number of aromatic nitrogens is 1. The molecule has 0 aliphatic carbocycles. The molecule has 1 atom stereocenters. The van der Waals surface area contributed by atoms with Gasteiger partial charge in [0.2, 0.25) is 0 Å². The molecular formula is C25H25N3O2S. The van der Waals surface area contributed by atoms with Gasteiger partial charge in [-0.25, -0.2) is 0 Å². The molecule has 2 aromatic carbocycles. The summed E-state index contributed by atoms with van der Waals surface area (Å²) in [5, 5.41) is 1.64. The van der Waals surface area contributed by atoms with Gasteiger partial charge in [0, 0.05) is 48.5 Å². The molecule has 1 aliphatic rings. The molecule has 6 heteroatoms. The van der Waals surface area contributed by atoms with Gasteiger partial charge in [-0.1, -0.05) is 30.3 Å². The van der Waals surface area contributed by atoms with Gasteiger partial charge in [-0.05, 0) is 43.7 Å². The maximum Gasteiger partial charge on any atom is 0.264 e. The molecule has 3 heterocycles. The first kappa shape index (κ1) is 19.8. The lowest BCUT2D eigenvalue weighted by molar-refractivity contribution is 0.0731. The van der Waals surface area contributed by atoms with Gasteiger partial charge in [-0.3, -0.25) is 9.59 Å². The number of aryl methyl sites for hydroxylation is 2. The lowest BCUT2D eigenvalue weighted by Gasteiger charge is -2.41. The van der Waals surface area contributed by atoms with Crippen molar-refractivity contribution in [2.45, 2.75) is 19.9 Å². The lowest BCUT2D eigenvalue weighted by Crippen LogP contribution is -2.53. The summed E-state index contributed by atoms with van der Waals surface area (Å²) in [5.41, 5.74) is 3.28. The monoisotopic (exact) mass is 431 g/mol. The van der Waals surface area contributed by atoms with E-state index in [4.69, 9.17) is 0 Å². The van der Waals surface area contributed by atoms with Crippen LogP contribution < -0.4 is 10.5 Å². The molecule has 0 N–H and O–H groups in total. The highest BCUT2D eigenvalue weighted by molar-refractivity contribution is 7.21. The molecule has 1 fully saturated rings. The second-order valence-electron chi connectivity index (χ2n) is 8.37. The minimum atomic E-state index is -0.0540. The molecule has 4 aromatic rings. The largest absolute Gasteiger partial charge is 0.365 e. The quantitative estimate of drug-likeness (QED) is 0.472. The van der Waals surface area contributed by atoms with Crippen LogP contribution in [0.4, 0.5) is 5.69 Å². The Labute approximate surface area is 185 Å². The van der Waals surface area contributed by atoms with Crippen LogP contribution in [0.5, 0.6) is 0 Å². The van der Waals surface area contributed by atoms with Crippen molar-refractivity contribution in [1.29, 1.82) is 0 Å². The second-order valence-corrected chi connectivity index (χ2v) is 9.42. The highest BCUT2D eigenvalue weighted by atomic mass is 32.1. The Kier molecular flexibility index (Phi) is 4.82. The molecule has 0 bridgehead atoms. The first-order valence-electron chi connectivity index (χ1n) is 10.6. The number of thiophene rings is 1. The zero-order valence-corrected chi connectivity index (χ0v) is 18.8. The van der Waals surface area contributed by atoms with Crippen molar-refractivity contribution in [1.82, 2.24) is 9.47 Å². The van der Waals surface area contributed by atoms with E-state index in [2.05, 4.69) is 43.0 Å². The Morgan fingerprint density at radius 1 is 1.03 bits per heavy atom. The Bertz CT molecular complexity index is 1370. The molecule has 5 rings (SSSR count). The first-order chi connectivity index (χ1) is 14.9. The van der Waals surface area contributed by atoms with Crippen LogP contribution in [0.25, 0.3) is 21.0 Å². The van der Waals surface area contributed by atoms with Gasteiger partial charge in [-0.2, -0.15) is 0 Å². The van der Waals surface area contributed by atoms with Crippen LogP contribution in [0, 0.1) is 6.92 Å². The minimum Gasteiger partial charge on any atom is -0.365 e. The number of hydrogen-bond acceptors (Lipinski definition) is 4. The Balaban J connectivity index is 1.45. The predicted octanol–water partition coefficient (Wildman–Crippen LogP) is 4.41. The number of pyridine rings is 1. The molecule has 31 heavy (non-hydrogen) atoms. The van der Waals surface area contributed by atoms with Gasteiger partial charge in [0.05, 0.1) is 15.8 Å². The van der Waals surface area contributed by atoms with Crippen molar-refractivity contribution in [3.63, 3.8) is 0 Å². The van der Waals surface area contributed by atoms with Crippen molar-refractivity contribution >= 4 is 43.9 Å². The Morgan fingerprint density at radius 3 is 2.61 bits per heavy atom. The van der Waals surface area contributed by atoms with Gasteiger partial charge in [0.15, 0.2) is 0 Å². The average Bonchev–Trinajstić information content (AvgIpc) is 3.23. The third-order valence-electron chi connectivity index (χ3n) is 6.24. The Morgan fingerprint density at radius 2 is 1.84 bits per heavy atom. The van der Waals surface area contributed by atoms with Crippen molar-refractivity contribution in [2.75, 3.05) is 24.5 Å². The number of hydrogen-bond donors (Lipinski definition) is 0. The number of amides is 1. The maximum absolute atomic E-state index is 13.4. The maximum atomic E-state index is 13.4. The van der Waals surface area contributed by atoms with Crippen LogP contribution >= 0.6 is 11.3 Å². The second kappa shape index (κ2) is 7.54. The van der Waals surface area contributed by atoms with Crippen LogP contribution in [0.15, 0.2) is 59.4 Å². The fourth-order valence-corrected chi connectivity index (χ4v) is 5.74. The first-order valence-corrected chi connectivity index (χ1v) is 11.4. The van der Waals surface area contributed by atoms with E-state index in [1.54, 1.807) is 17.7 Å². The molecule has 1 amide bonds. The van der Waals surface area contributed by atoms with Gasteiger partial charge >= 0.3 is 0 Å². The summed E-state index contributed by atoms with van der Waals surface area (Å²) in [7, 11) is 1.79.